The van der Waals surface area contributed by atoms with Gasteiger partial charge in [0.1, 0.15) is 0 Å². The Morgan fingerprint density at radius 3 is 2.62 bits per heavy atom. The summed E-state index contributed by atoms with van der Waals surface area (Å²) in [6.07, 6.45) is 2.73. The van der Waals surface area contributed by atoms with Crippen LogP contribution in [0.2, 0.25) is 0 Å². The highest BCUT2D eigenvalue weighted by Gasteiger charge is 2.01. The van der Waals surface area contributed by atoms with Gasteiger partial charge >= 0.3 is 0 Å². The molecule has 0 radical (unpaired) electrons. The fourth-order valence-electron chi connectivity index (χ4n) is 1.13. The summed E-state index contributed by atoms with van der Waals surface area (Å²) in [6.45, 7) is 1.86. The molecule has 0 aliphatic heterocycles. The lowest BCUT2D eigenvalue weighted by molar-refractivity contribution is 0.739. The summed E-state index contributed by atoms with van der Waals surface area (Å²) in [7, 11) is 0. The normalized spacial score (nSPS) is 14.2. The molecule has 70 valence electrons. The second kappa shape index (κ2) is 5.05. The van der Waals surface area contributed by atoms with E-state index in [9.17, 15) is 0 Å². The molecule has 1 rings (SSSR count). The standard InChI is InChI=1S/C11H14ClN/c1-9(12)7-8-11(13)10-5-3-2-4-6-10/h2-7,11H,8,13H2,1H3/b9-7-. The SMILES string of the molecule is C/C(Cl)=C/CC(N)c1ccccc1. The zero-order valence-corrected chi connectivity index (χ0v) is 8.46. The highest BCUT2D eigenvalue weighted by Crippen LogP contribution is 2.15. The first kappa shape index (κ1) is 10.3. The van der Waals surface area contributed by atoms with Crippen molar-refractivity contribution in [1.82, 2.24) is 0 Å². The van der Waals surface area contributed by atoms with Gasteiger partial charge in [-0.1, -0.05) is 48.0 Å². The van der Waals surface area contributed by atoms with Crippen LogP contribution in [0, 0.1) is 0 Å². The third-order valence-electron chi connectivity index (χ3n) is 1.88. The third-order valence-corrected chi connectivity index (χ3v) is 2.04. The van der Waals surface area contributed by atoms with Crippen molar-refractivity contribution >= 4 is 11.6 Å². The smallest absolute Gasteiger partial charge is 0.0330 e. The second-order valence-electron chi connectivity index (χ2n) is 3.04. The van der Waals surface area contributed by atoms with Crippen LogP contribution in [-0.2, 0) is 0 Å². The molecule has 0 spiro atoms. The van der Waals surface area contributed by atoms with E-state index in [1.54, 1.807) is 0 Å². The van der Waals surface area contributed by atoms with Gasteiger partial charge in [0, 0.05) is 11.1 Å². The molecule has 0 saturated heterocycles. The van der Waals surface area contributed by atoms with Crippen molar-refractivity contribution in [2.45, 2.75) is 19.4 Å². The van der Waals surface area contributed by atoms with Gasteiger partial charge in [-0.15, -0.1) is 0 Å². The van der Waals surface area contributed by atoms with Crippen molar-refractivity contribution in [2.24, 2.45) is 5.73 Å². The van der Waals surface area contributed by atoms with Gasteiger partial charge in [0.2, 0.25) is 0 Å². The predicted molar refractivity (Wildman–Crippen MR) is 57.6 cm³/mol. The molecule has 1 aromatic carbocycles. The van der Waals surface area contributed by atoms with E-state index in [1.807, 2.05) is 43.3 Å². The van der Waals surface area contributed by atoms with Crippen molar-refractivity contribution < 1.29 is 0 Å². The molecule has 2 heteroatoms. The number of halogens is 1. The van der Waals surface area contributed by atoms with E-state index in [2.05, 4.69) is 0 Å². The van der Waals surface area contributed by atoms with Crippen LogP contribution in [-0.4, -0.2) is 0 Å². The van der Waals surface area contributed by atoms with Crippen LogP contribution in [0.15, 0.2) is 41.4 Å². The lowest BCUT2D eigenvalue weighted by atomic mass is 10.0. The van der Waals surface area contributed by atoms with Crippen LogP contribution in [0.4, 0.5) is 0 Å². The summed E-state index contributed by atoms with van der Waals surface area (Å²) in [5.41, 5.74) is 7.09. The molecule has 1 nitrogen and oxygen atoms in total. The molecule has 1 aromatic rings. The summed E-state index contributed by atoms with van der Waals surface area (Å²) in [6, 6.07) is 10.1. The number of hydrogen-bond donors (Lipinski definition) is 1. The van der Waals surface area contributed by atoms with Crippen molar-refractivity contribution in [3.05, 3.63) is 47.0 Å². The minimum absolute atomic E-state index is 0.0508. The van der Waals surface area contributed by atoms with Gasteiger partial charge in [-0.2, -0.15) is 0 Å². The zero-order chi connectivity index (χ0) is 9.68. The van der Waals surface area contributed by atoms with Crippen LogP contribution in [0.3, 0.4) is 0 Å². The Balaban J connectivity index is 2.59. The molecule has 0 saturated carbocycles. The molecule has 2 N–H and O–H groups in total. The second-order valence-corrected chi connectivity index (χ2v) is 3.64. The van der Waals surface area contributed by atoms with Crippen LogP contribution in [0.5, 0.6) is 0 Å². The Morgan fingerprint density at radius 2 is 2.08 bits per heavy atom. The number of hydrogen-bond acceptors (Lipinski definition) is 1. The average Bonchev–Trinajstić information content (AvgIpc) is 2.15. The van der Waals surface area contributed by atoms with E-state index in [0.717, 1.165) is 17.0 Å². The van der Waals surface area contributed by atoms with E-state index in [4.69, 9.17) is 17.3 Å². The molecule has 0 bridgehead atoms. The fraction of sp³-hybridized carbons (Fsp3) is 0.273. The summed E-state index contributed by atoms with van der Waals surface area (Å²) in [4.78, 5) is 0. The van der Waals surface area contributed by atoms with Crippen LogP contribution < -0.4 is 5.73 Å². The number of allylic oxidation sites excluding steroid dienone is 1. The molecular weight excluding hydrogens is 182 g/mol. The van der Waals surface area contributed by atoms with Crippen molar-refractivity contribution in [3.63, 3.8) is 0 Å². The molecule has 1 atom stereocenters. The molecule has 0 heterocycles. The van der Waals surface area contributed by atoms with E-state index in [1.165, 1.54) is 0 Å². The maximum atomic E-state index is 5.94. The maximum absolute atomic E-state index is 5.94. The van der Waals surface area contributed by atoms with E-state index < -0.39 is 0 Å². The van der Waals surface area contributed by atoms with Gasteiger partial charge in [-0.3, -0.25) is 0 Å². The van der Waals surface area contributed by atoms with Gasteiger partial charge in [-0.25, -0.2) is 0 Å². The number of nitrogens with two attached hydrogens (primary N) is 1. The molecular formula is C11H14ClN. The van der Waals surface area contributed by atoms with Crippen LogP contribution in [0.1, 0.15) is 24.9 Å². The van der Waals surface area contributed by atoms with Gasteiger partial charge in [0.25, 0.3) is 0 Å². The summed E-state index contributed by atoms with van der Waals surface area (Å²) in [5.74, 6) is 0. The summed E-state index contributed by atoms with van der Waals surface area (Å²) in [5, 5.41) is 0.798. The first-order valence-electron chi connectivity index (χ1n) is 4.33. The molecule has 0 aliphatic rings. The Hall–Kier alpha value is -0.790. The maximum Gasteiger partial charge on any atom is 0.0330 e. The molecule has 0 amide bonds. The van der Waals surface area contributed by atoms with Crippen LogP contribution >= 0.6 is 11.6 Å². The number of rotatable bonds is 3. The molecule has 0 fully saturated rings. The zero-order valence-electron chi connectivity index (χ0n) is 7.70. The van der Waals surface area contributed by atoms with Gasteiger partial charge in [0.15, 0.2) is 0 Å². The molecule has 0 aromatic heterocycles. The Kier molecular flexibility index (Phi) is 4.00. The largest absolute Gasteiger partial charge is 0.324 e. The first-order chi connectivity index (χ1) is 6.20. The lowest BCUT2D eigenvalue weighted by Crippen LogP contribution is -2.08. The quantitative estimate of drug-likeness (QED) is 0.788. The van der Waals surface area contributed by atoms with Crippen molar-refractivity contribution in [2.75, 3.05) is 0 Å². The molecule has 1 unspecified atom stereocenters. The van der Waals surface area contributed by atoms with Gasteiger partial charge in [0.05, 0.1) is 0 Å². The van der Waals surface area contributed by atoms with Gasteiger partial charge < -0.3 is 5.73 Å². The van der Waals surface area contributed by atoms with Gasteiger partial charge in [-0.05, 0) is 18.9 Å². The van der Waals surface area contributed by atoms with Crippen molar-refractivity contribution in [1.29, 1.82) is 0 Å². The summed E-state index contributed by atoms with van der Waals surface area (Å²) < 4.78 is 0. The predicted octanol–water partition coefficient (Wildman–Crippen LogP) is 3.22. The fourth-order valence-corrected chi connectivity index (χ4v) is 1.21. The topological polar surface area (TPSA) is 26.0 Å². The number of benzene rings is 1. The highest BCUT2D eigenvalue weighted by molar-refractivity contribution is 6.29. The minimum atomic E-state index is 0.0508. The highest BCUT2D eigenvalue weighted by atomic mass is 35.5. The third kappa shape index (κ3) is 3.62. The monoisotopic (exact) mass is 195 g/mol. The van der Waals surface area contributed by atoms with E-state index in [0.29, 0.717) is 0 Å². The van der Waals surface area contributed by atoms with E-state index >= 15 is 0 Å². The minimum Gasteiger partial charge on any atom is -0.324 e. The first-order valence-corrected chi connectivity index (χ1v) is 4.70. The Labute approximate surface area is 84.2 Å². The average molecular weight is 196 g/mol. The van der Waals surface area contributed by atoms with Crippen LogP contribution in [0.25, 0.3) is 0 Å². The Bertz CT molecular complexity index is 275. The van der Waals surface area contributed by atoms with E-state index in [-0.39, 0.29) is 6.04 Å². The lowest BCUT2D eigenvalue weighted by Gasteiger charge is -2.08. The summed E-state index contributed by atoms with van der Waals surface area (Å²) >= 11 is 5.71. The Morgan fingerprint density at radius 1 is 1.46 bits per heavy atom. The molecule has 0 aliphatic carbocycles. The molecule has 13 heavy (non-hydrogen) atoms. The van der Waals surface area contributed by atoms with Crippen molar-refractivity contribution in [3.8, 4) is 0 Å².